The lowest BCUT2D eigenvalue weighted by Crippen LogP contribution is -2.51. The highest BCUT2D eigenvalue weighted by Gasteiger charge is 2.43. The van der Waals surface area contributed by atoms with Crippen molar-refractivity contribution in [3.05, 3.63) is 107 Å². The zero-order valence-electron chi connectivity index (χ0n) is 18.7. The van der Waals surface area contributed by atoms with Crippen LogP contribution in [0.1, 0.15) is 64.1 Å². The molecule has 1 N–H and O–H groups in total. The maximum atomic E-state index is 13.7. The predicted molar refractivity (Wildman–Crippen MR) is 128 cm³/mol. The van der Waals surface area contributed by atoms with Crippen LogP contribution in [0.2, 0.25) is 0 Å². The van der Waals surface area contributed by atoms with Crippen molar-refractivity contribution in [1.82, 2.24) is 10.2 Å². The molecule has 5 nitrogen and oxygen atoms in total. The summed E-state index contributed by atoms with van der Waals surface area (Å²) in [5.74, 6) is -1.16. The van der Waals surface area contributed by atoms with Crippen LogP contribution in [0.3, 0.4) is 0 Å². The van der Waals surface area contributed by atoms with E-state index in [0.29, 0.717) is 11.1 Å². The highest BCUT2D eigenvalue weighted by molar-refractivity contribution is 6.22. The smallest absolute Gasteiger partial charge is 0.262 e. The van der Waals surface area contributed by atoms with Gasteiger partial charge in [-0.1, -0.05) is 92.6 Å². The second-order valence-electron chi connectivity index (χ2n) is 8.35. The highest BCUT2D eigenvalue weighted by Crippen LogP contribution is 2.27. The number of hydrogen-bond donors (Lipinski definition) is 1. The Morgan fingerprint density at radius 2 is 1.36 bits per heavy atom. The minimum absolute atomic E-state index is 0.188. The Hall–Kier alpha value is -3.73. The van der Waals surface area contributed by atoms with E-state index in [2.05, 4.69) is 12.2 Å². The van der Waals surface area contributed by atoms with Gasteiger partial charge in [-0.25, -0.2) is 0 Å². The van der Waals surface area contributed by atoms with E-state index in [-0.39, 0.29) is 18.4 Å². The molecule has 4 rings (SSSR count). The van der Waals surface area contributed by atoms with Crippen LogP contribution in [-0.4, -0.2) is 28.7 Å². The summed E-state index contributed by atoms with van der Waals surface area (Å²) in [6.07, 6.45) is 3.00. The lowest BCUT2D eigenvalue weighted by molar-refractivity contribution is -0.125. The maximum absolute atomic E-state index is 13.7. The molecule has 0 fully saturated rings. The first-order valence-corrected chi connectivity index (χ1v) is 11.5. The van der Waals surface area contributed by atoms with Crippen LogP contribution in [0, 0.1) is 0 Å². The first-order chi connectivity index (χ1) is 16.1. The second-order valence-corrected chi connectivity index (χ2v) is 8.35. The monoisotopic (exact) mass is 440 g/mol. The molecule has 0 bridgehead atoms. The maximum Gasteiger partial charge on any atom is 0.262 e. The number of nitrogens with one attached hydrogen (secondary N) is 1. The zero-order chi connectivity index (χ0) is 23.2. The van der Waals surface area contributed by atoms with Gasteiger partial charge in [-0.05, 0) is 29.7 Å². The van der Waals surface area contributed by atoms with Gasteiger partial charge in [-0.15, -0.1) is 0 Å². The quantitative estimate of drug-likeness (QED) is 0.479. The van der Waals surface area contributed by atoms with Crippen LogP contribution in [0.4, 0.5) is 0 Å². The number of carbonyl (C=O) groups excluding carboxylic acids is 3. The van der Waals surface area contributed by atoms with Crippen LogP contribution in [0.15, 0.2) is 84.9 Å². The van der Waals surface area contributed by atoms with E-state index in [1.807, 2.05) is 60.7 Å². The summed E-state index contributed by atoms with van der Waals surface area (Å²) in [6, 6.07) is 24.9. The minimum atomic E-state index is -0.937. The van der Waals surface area contributed by atoms with E-state index in [0.717, 1.165) is 35.3 Å². The van der Waals surface area contributed by atoms with Crippen LogP contribution in [0.25, 0.3) is 0 Å². The topological polar surface area (TPSA) is 66.5 Å². The third-order valence-corrected chi connectivity index (χ3v) is 6.08. The summed E-state index contributed by atoms with van der Waals surface area (Å²) >= 11 is 0. The molecule has 0 saturated carbocycles. The third kappa shape index (κ3) is 4.87. The van der Waals surface area contributed by atoms with E-state index in [4.69, 9.17) is 0 Å². The summed E-state index contributed by atoms with van der Waals surface area (Å²) in [6.45, 7) is 2.11. The molecule has 0 spiro atoms. The molecule has 1 heterocycles. The van der Waals surface area contributed by atoms with Gasteiger partial charge in [-0.2, -0.15) is 0 Å². The van der Waals surface area contributed by atoms with Gasteiger partial charge >= 0.3 is 0 Å². The van der Waals surface area contributed by atoms with Crippen molar-refractivity contribution in [2.24, 2.45) is 0 Å². The summed E-state index contributed by atoms with van der Waals surface area (Å²) < 4.78 is 0. The van der Waals surface area contributed by atoms with Crippen LogP contribution < -0.4 is 5.32 Å². The molecule has 3 amide bonds. The Morgan fingerprint density at radius 3 is 1.94 bits per heavy atom. The lowest BCUT2D eigenvalue weighted by Gasteiger charge is -2.28. The van der Waals surface area contributed by atoms with Gasteiger partial charge in [0, 0.05) is 6.42 Å². The van der Waals surface area contributed by atoms with Crippen molar-refractivity contribution in [2.45, 2.75) is 44.7 Å². The number of rotatable bonds is 9. The van der Waals surface area contributed by atoms with E-state index < -0.39 is 17.9 Å². The number of imide groups is 1. The van der Waals surface area contributed by atoms with Gasteiger partial charge in [0.25, 0.3) is 11.8 Å². The number of benzene rings is 3. The van der Waals surface area contributed by atoms with Crippen LogP contribution in [-0.2, 0) is 11.2 Å². The molecule has 0 saturated heterocycles. The fourth-order valence-electron chi connectivity index (χ4n) is 4.31. The van der Waals surface area contributed by atoms with Gasteiger partial charge in [-0.3, -0.25) is 19.3 Å². The molecule has 0 aromatic heterocycles. The van der Waals surface area contributed by atoms with Crippen LogP contribution in [0.5, 0.6) is 0 Å². The van der Waals surface area contributed by atoms with E-state index in [9.17, 15) is 14.4 Å². The molecule has 3 aromatic carbocycles. The average molecular weight is 441 g/mol. The summed E-state index contributed by atoms with van der Waals surface area (Å²) in [4.78, 5) is 41.2. The van der Waals surface area contributed by atoms with Crippen molar-refractivity contribution in [3.8, 4) is 0 Å². The zero-order valence-corrected chi connectivity index (χ0v) is 18.7. The van der Waals surface area contributed by atoms with Crippen molar-refractivity contribution < 1.29 is 14.4 Å². The number of amides is 3. The third-order valence-electron chi connectivity index (χ3n) is 6.08. The summed E-state index contributed by atoms with van der Waals surface area (Å²) in [7, 11) is 0. The van der Waals surface area contributed by atoms with Crippen molar-refractivity contribution in [2.75, 3.05) is 0 Å². The number of hydrogen-bond acceptors (Lipinski definition) is 3. The SMILES string of the molecule is CCCC[C@@H](NC(=O)[C@H](Cc1ccccc1)N1C(=O)c2ccccc2C1=O)c1ccccc1. The van der Waals surface area contributed by atoms with Crippen molar-refractivity contribution in [3.63, 3.8) is 0 Å². The first kappa shape index (κ1) is 22.5. The predicted octanol–water partition coefficient (Wildman–Crippen LogP) is 4.94. The number of fused-ring (bicyclic) bond motifs is 1. The summed E-state index contributed by atoms with van der Waals surface area (Å²) in [5.41, 5.74) is 2.59. The minimum Gasteiger partial charge on any atom is -0.347 e. The largest absolute Gasteiger partial charge is 0.347 e. The Balaban J connectivity index is 1.65. The fourth-order valence-corrected chi connectivity index (χ4v) is 4.31. The molecule has 168 valence electrons. The first-order valence-electron chi connectivity index (χ1n) is 11.5. The Morgan fingerprint density at radius 1 is 0.818 bits per heavy atom. The molecule has 0 aliphatic carbocycles. The second kappa shape index (κ2) is 10.3. The number of carbonyl (C=O) groups is 3. The molecule has 0 unspecified atom stereocenters. The molecule has 5 heteroatoms. The van der Waals surface area contributed by atoms with Gasteiger partial charge in [0.2, 0.25) is 5.91 Å². The van der Waals surface area contributed by atoms with Gasteiger partial charge in [0.05, 0.1) is 17.2 Å². The number of unbranched alkanes of at least 4 members (excludes halogenated alkanes) is 1. The van der Waals surface area contributed by atoms with E-state index in [1.54, 1.807) is 24.3 Å². The van der Waals surface area contributed by atoms with Gasteiger partial charge < -0.3 is 5.32 Å². The fraction of sp³-hybridized carbons (Fsp3) is 0.250. The molecule has 33 heavy (non-hydrogen) atoms. The average Bonchev–Trinajstić information content (AvgIpc) is 3.11. The summed E-state index contributed by atoms with van der Waals surface area (Å²) in [5, 5.41) is 3.15. The number of nitrogens with zero attached hydrogens (tertiary/aromatic N) is 1. The molecule has 1 aliphatic rings. The van der Waals surface area contributed by atoms with Crippen molar-refractivity contribution >= 4 is 17.7 Å². The highest BCUT2D eigenvalue weighted by atomic mass is 16.2. The van der Waals surface area contributed by atoms with Crippen molar-refractivity contribution in [1.29, 1.82) is 0 Å². The molecule has 1 aliphatic heterocycles. The molecule has 0 radical (unpaired) electrons. The molecule has 2 atom stereocenters. The van der Waals surface area contributed by atoms with Crippen LogP contribution >= 0.6 is 0 Å². The Bertz CT molecular complexity index is 1090. The van der Waals surface area contributed by atoms with E-state index >= 15 is 0 Å². The standard InChI is InChI=1S/C28H28N2O3/c1-2-3-18-24(21-14-8-5-9-15-21)29-26(31)25(19-20-12-6-4-7-13-20)30-27(32)22-16-10-11-17-23(22)28(30)33/h4-17,24-25H,2-3,18-19H2,1H3,(H,29,31)/t24-,25+/m1/s1. The molecule has 3 aromatic rings. The molecular weight excluding hydrogens is 412 g/mol. The Labute approximate surface area is 194 Å². The lowest BCUT2D eigenvalue weighted by atomic mass is 9.99. The molecular formula is C28H28N2O3. The van der Waals surface area contributed by atoms with Gasteiger partial charge in [0.15, 0.2) is 0 Å². The van der Waals surface area contributed by atoms with E-state index in [1.165, 1.54) is 0 Å². The normalized spacial score (nSPS) is 14.6. The van der Waals surface area contributed by atoms with Gasteiger partial charge in [0.1, 0.15) is 6.04 Å². The Kier molecular flexibility index (Phi) is 6.98.